The molecule has 0 aliphatic heterocycles. The molecule has 0 unspecified atom stereocenters. The maximum Gasteiger partial charge on any atom is 0.257 e. The van der Waals surface area contributed by atoms with Gasteiger partial charge in [0.2, 0.25) is 0 Å². The Kier molecular flexibility index (Phi) is 4.59. The molecule has 0 heterocycles. The van der Waals surface area contributed by atoms with Gasteiger partial charge >= 0.3 is 0 Å². The van der Waals surface area contributed by atoms with Crippen molar-refractivity contribution in [1.82, 2.24) is 0 Å². The zero-order valence-electron chi connectivity index (χ0n) is 10.1. The maximum atomic E-state index is 13.1. The normalized spacial score (nSPS) is 10.2. The summed E-state index contributed by atoms with van der Waals surface area (Å²) in [5.41, 5.74) is 3.55. The Morgan fingerprint density at radius 3 is 2.65 bits per heavy atom. The van der Waals surface area contributed by atoms with E-state index in [0.29, 0.717) is 21.4 Å². The molecule has 2 aromatic rings. The number of nitrogen functional groups attached to an aromatic ring is 1. The summed E-state index contributed by atoms with van der Waals surface area (Å²) in [5, 5.41) is 2.72. The van der Waals surface area contributed by atoms with Crippen molar-refractivity contribution in [3.05, 3.63) is 57.3 Å². The van der Waals surface area contributed by atoms with E-state index in [2.05, 4.69) is 26.7 Å². The number of carbonyl (C=O) groups excluding carboxylic acids is 1. The molecule has 0 saturated carbocycles. The molecule has 2 aromatic carbocycles. The predicted molar refractivity (Wildman–Crippen MR) is 81.3 cm³/mol. The van der Waals surface area contributed by atoms with Gasteiger partial charge in [-0.25, -0.2) is 4.39 Å². The van der Waals surface area contributed by atoms with E-state index in [1.807, 2.05) is 0 Å². The first-order valence-corrected chi connectivity index (χ1v) is 6.71. The third kappa shape index (κ3) is 3.09. The number of nitrogens with two attached hydrogens (primary N) is 1. The summed E-state index contributed by atoms with van der Waals surface area (Å²) in [6, 6.07) is 9.06. The van der Waals surface area contributed by atoms with Crippen molar-refractivity contribution >= 4 is 44.8 Å². The molecule has 0 bridgehead atoms. The lowest BCUT2D eigenvalue weighted by Gasteiger charge is -2.12. The molecule has 4 N–H and O–H groups in total. The number of rotatable bonds is 3. The fourth-order valence-electron chi connectivity index (χ4n) is 1.65. The van der Waals surface area contributed by atoms with Crippen LogP contribution in [-0.4, -0.2) is 5.91 Å². The second-order valence-electron chi connectivity index (χ2n) is 3.89. The van der Waals surface area contributed by atoms with Gasteiger partial charge in [-0.15, -0.1) is 0 Å². The molecule has 0 saturated heterocycles. The highest BCUT2D eigenvalue weighted by atomic mass is 79.9. The van der Waals surface area contributed by atoms with Crippen LogP contribution in [0.3, 0.4) is 0 Å². The van der Waals surface area contributed by atoms with Crippen molar-refractivity contribution in [3.8, 4) is 0 Å². The molecule has 0 aliphatic rings. The molecule has 0 spiro atoms. The predicted octanol–water partition coefficient (Wildman–Crippen LogP) is 3.78. The van der Waals surface area contributed by atoms with Crippen molar-refractivity contribution in [2.45, 2.75) is 0 Å². The van der Waals surface area contributed by atoms with Gasteiger partial charge in [-0.1, -0.05) is 23.7 Å². The third-order valence-electron chi connectivity index (χ3n) is 2.57. The zero-order valence-corrected chi connectivity index (χ0v) is 12.4. The molecule has 0 radical (unpaired) electrons. The maximum absolute atomic E-state index is 13.1. The average Bonchev–Trinajstić information content (AvgIpc) is 2.42. The molecule has 0 aliphatic carbocycles. The van der Waals surface area contributed by atoms with Crippen molar-refractivity contribution in [3.63, 3.8) is 0 Å². The van der Waals surface area contributed by atoms with Gasteiger partial charge in [-0.05, 0) is 40.2 Å². The topological polar surface area (TPSA) is 67.1 Å². The highest BCUT2D eigenvalue weighted by Crippen LogP contribution is 2.32. The minimum Gasteiger partial charge on any atom is -0.323 e. The van der Waals surface area contributed by atoms with Crippen LogP contribution in [0, 0.1) is 5.82 Å². The van der Waals surface area contributed by atoms with Gasteiger partial charge in [0.15, 0.2) is 0 Å². The van der Waals surface area contributed by atoms with E-state index in [1.165, 1.54) is 6.07 Å². The van der Waals surface area contributed by atoms with E-state index in [9.17, 15) is 9.18 Å². The number of amides is 1. The van der Waals surface area contributed by atoms with E-state index >= 15 is 0 Å². The first kappa shape index (κ1) is 14.8. The second-order valence-corrected chi connectivity index (χ2v) is 5.15. The summed E-state index contributed by atoms with van der Waals surface area (Å²) in [6.45, 7) is 0. The van der Waals surface area contributed by atoms with Crippen LogP contribution in [0.2, 0.25) is 5.02 Å². The minimum atomic E-state index is -0.496. The van der Waals surface area contributed by atoms with Crippen molar-refractivity contribution in [2.75, 3.05) is 10.7 Å². The molecular weight excluding hydrogens is 349 g/mol. The largest absolute Gasteiger partial charge is 0.323 e. The van der Waals surface area contributed by atoms with Gasteiger partial charge in [0, 0.05) is 4.47 Å². The summed E-state index contributed by atoms with van der Waals surface area (Å²) in [5.74, 6) is 4.44. The monoisotopic (exact) mass is 357 g/mol. The molecule has 104 valence electrons. The van der Waals surface area contributed by atoms with E-state index in [0.717, 1.165) is 6.07 Å². The quantitative estimate of drug-likeness (QED) is 0.578. The molecule has 2 rings (SSSR count). The van der Waals surface area contributed by atoms with Gasteiger partial charge < -0.3 is 10.7 Å². The first-order valence-electron chi connectivity index (χ1n) is 5.54. The summed E-state index contributed by atoms with van der Waals surface area (Å²) in [6.07, 6.45) is 0. The van der Waals surface area contributed by atoms with Gasteiger partial charge in [0.25, 0.3) is 5.91 Å². The van der Waals surface area contributed by atoms with Gasteiger partial charge in [0.1, 0.15) is 5.82 Å². The SMILES string of the molecule is NNc1ccccc1C(=O)Nc1c(Cl)cc(F)cc1Br. The summed E-state index contributed by atoms with van der Waals surface area (Å²) < 4.78 is 13.5. The number of nitrogens with one attached hydrogen (secondary N) is 2. The number of hydrogen-bond donors (Lipinski definition) is 3. The van der Waals surface area contributed by atoms with Gasteiger partial charge in [0.05, 0.1) is 22.0 Å². The smallest absolute Gasteiger partial charge is 0.257 e. The van der Waals surface area contributed by atoms with Crippen LogP contribution in [0.4, 0.5) is 15.8 Å². The van der Waals surface area contributed by atoms with E-state index in [4.69, 9.17) is 17.4 Å². The molecule has 20 heavy (non-hydrogen) atoms. The average molecular weight is 359 g/mol. The fourth-order valence-corrected chi connectivity index (χ4v) is 2.55. The highest BCUT2D eigenvalue weighted by molar-refractivity contribution is 9.10. The molecule has 0 atom stereocenters. The minimum absolute atomic E-state index is 0.100. The summed E-state index contributed by atoms with van der Waals surface area (Å²) >= 11 is 9.07. The number of anilines is 2. The number of halogens is 3. The van der Waals surface area contributed by atoms with Crippen molar-refractivity contribution in [2.24, 2.45) is 5.84 Å². The van der Waals surface area contributed by atoms with Gasteiger partial charge in [-0.3, -0.25) is 10.6 Å². The lowest BCUT2D eigenvalue weighted by atomic mass is 10.1. The van der Waals surface area contributed by atoms with Crippen LogP contribution in [0.25, 0.3) is 0 Å². The Bertz CT molecular complexity index is 643. The van der Waals surface area contributed by atoms with Crippen molar-refractivity contribution in [1.29, 1.82) is 0 Å². The highest BCUT2D eigenvalue weighted by Gasteiger charge is 2.15. The van der Waals surface area contributed by atoms with E-state index < -0.39 is 11.7 Å². The standard InChI is InChI=1S/C13H10BrClFN3O/c14-9-5-7(16)6-10(15)12(9)18-13(20)8-3-1-2-4-11(8)19-17/h1-6,19H,17H2,(H,18,20). The molecule has 1 amide bonds. The van der Waals surface area contributed by atoms with Crippen molar-refractivity contribution < 1.29 is 9.18 Å². The summed E-state index contributed by atoms with van der Waals surface area (Å²) in [7, 11) is 0. The van der Waals surface area contributed by atoms with Gasteiger partial charge in [-0.2, -0.15) is 0 Å². The zero-order chi connectivity index (χ0) is 14.7. The second kappa shape index (κ2) is 6.21. The number of carbonyl (C=O) groups is 1. The van der Waals surface area contributed by atoms with Crippen LogP contribution in [-0.2, 0) is 0 Å². The van der Waals surface area contributed by atoms with Crippen LogP contribution >= 0.6 is 27.5 Å². The van der Waals surface area contributed by atoms with E-state index in [1.54, 1.807) is 24.3 Å². The Hall–Kier alpha value is -1.63. The Labute approximate surface area is 128 Å². The molecule has 7 heteroatoms. The number of para-hydroxylation sites is 1. The Balaban J connectivity index is 2.33. The Morgan fingerprint density at radius 1 is 1.30 bits per heavy atom. The molecule has 0 aromatic heterocycles. The van der Waals surface area contributed by atoms with Crippen LogP contribution in [0.15, 0.2) is 40.9 Å². The summed E-state index contributed by atoms with van der Waals surface area (Å²) in [4.78, 5) is 12.2. The van der Waals surface area contributed by atoms with Crippen LogP contribution in [0.1, 0.15) is 10.4 Å². The van der Waals surface area contributed by atoms with Crippen LogP contribution in [0.5, 0.6) is 0 Å². The number of benzene rings is 2. The van der Waals surface area contributed by atoms with Crippen LogP contribution < -0.4 is 16.6 Å². The lowest BCUT2D eigenvalue weighted by molar-refractivity contribution is 0.102. The Morgan fingerprint density at radius 2 is 2.00 bits per heavy atom. The molecule has 0 fully saturated rings. The van der Waals surface area contributed by atoms with E-state index in [-0.39, 0.29) is 5.02 Å². The third-order valence-corrected chi connectivity index (χ3v) is 3.50. The molecule has 4 nitrogen and oxygen atoms in total. The molecular formula is C13H10BrClFN3O. The number of hydrogen-bond acceptors (Lipinski definition) is 3. The fraction of sp³-hybridized carbons (Fsp3) is 0. The first-order chi connectivity index (χ1) is 9.52. The number of hydrazine groups is 1. The lowest BCUT2D eigenvalue weighted by Crippen LogP contribution is -2.17.